The topological polar surface area (TPSA) is 102 Å². The number of unbranched alkanes of at least 4 members (excludes halogenated alkanes) is 1. The summed E-state index contributed by atoms with van der Waals surface area (Å²) in [5, 5.41) is 9.48. The maximum absolute atomic E-state index is 11.8. The highest BCUT2D eigenvalue weighted by Gasteiger charge is 2.23. The molecular formula is C17H24N4O3. The van der Waals surface area contributed by atoms with Crippen molar-refractivity contribution in [1.29, 1.82) is 0 Å². The first-order valence-electron chi connectivity index (χ1n) is 8.07. The fourth-order valence-electron chi connectivity index (χ4n) is 2.19. The molecule has 1 aromatic carbocycles. The molecule has 0 saturated carbocycles. The van der Waals surface area contributed by atoms with Gasteiger partial charge in [-0.1, -0.05) is 43.7 Å². The summed E-state index contributed by atoms with van der Waals surface area (Å²) in [5.74, 6) is 0.0864. The number of hydrogen-bond donors (Lipinski definition) is 3. The number of nitrogens with one attached hydrogen (secondary N) is 1. The van der Waals surface area contributed by atoms with Crippen LogP contribution in [0.1, 0.15) is 37.2 Å². The second-order valence-corrected chi connectivity index (χ2v) is 5.58. The maximum atomic E-state index is 11.8. The Morgan fingerprint density at radius 3 is 2.71 bits per heavy atom. The Morgan fingerprint density at radius 1 is 1.42 bits per heavy atom. The summed E-state index contributed by atoms with van der Waals surface area (Å²) < 4.78 is 7.24. The average molecular weight is 332 g/mol. The van der Waals surface area contributed by atoms with Crippen molar-refractivity contribution in [2.75, 3.05) is 18.6 Å². The number of aromatic nitrogens is 2. The van der Waals surface area contributed by atoms with E-state index in [4.69, 9.17) is 10.5 Å². The zero-order chi connectivity index (χ0) is 17.5. The molecule has 2 rings (SSSR count). The van der Waals surface area contributed by atoms with Gasteiger partial charge in [0.05, 0.1) is 6.10 Å². The third kappa shape index (κ3) is 4.26. The lowest BCUT2D eigenvalue weighted by molar-refractivity contribution is 0.0973. The molecule has 1 aromatic heterocycles. The van der Waals surface area contributed by atoms with E-state index in [0.29, 0.717) is 12.4 Å². The predicted molar refractivity (Wildman–Crippen MR) is 92.5 cm³/mol. The Hall–Kier alpha value is -2.54. The van der Waals surface area contributed by atoms with Crippen molar-refractivity contribution >= 4 is 5.91 Å². The molecule has 1 unspecified atom stereocenters. The van der Waals surface area contributed by atoms with E-state index >= 15 is 0 Å². The number of rotatable bonds is 9. The number of hydrogen-bond acceptors (Lipinski definition) is 5. The van der Waals surface area contributed by atoms with Gasteiger partial charge in [0.25, 0.3) is 5.91 Å². The van der Waals surface area contributed by atoms with Crippen LogP contribution in [-0.4, -0.2) is 39.9 Å². The predicted octanol–water partition coefficient (Wildman–Crippen LogP) is 1.75. The summed E-state index contributed by atoms with van der Waals surface area (Å²) >= 11 is 0. The zero-order valence-corrected chi connectivity index (χ0v) is 14.0. The molecule has 0 spiro atoms. The van der Waals surface area contributed by atoms with Crippen LogP contribution in [0.25, 0.3) is 11.4 Å². The highest BCUT2D eigenvalue weighted by atomic mass is 16.5. The average Bonchev–Trinajstić information content (AvgIpc) is 2.93. The minimum Gasteiger partial charge on any atom is -0.473 e. The summed E-state index contributed by atoms with van der Waals surface area (Å²) in [5.41, 5.74) is 9.54. The number of primary amides is 1. The van der Waals surface area contributed by atoms with E-state index < -0.39 is 12.0 Å². The molecule has 1 heterocycles. The van der Waals surface area contributed by atoms with Crippen LogP contribution < -0.4 is 15.9 Å². The van der Waals surface area contributed by atoms with Crippen molar-refractivity contribution in [1.82, 2.24) is 9.66 Å². The molecule has 7 heteroatoms. The van der Waals surface area contributed by atoms with Crippen molar-refractivity contribution in [2.45, 2.75) is 32.8 Å². The molecule has 0 fully saturated rings. The Morgan fingerprint density at radius 2 is 2.12 bits per heavy atom. The van der Waals surface area contributed by atoms with E-state index in [-0.39, 0.29) is 18.2 Å². The van der Waals surface area contributed by atoms with Gasteiger partial charge < -0.3 is 21.0 Å². The van der Waals surface area contributed by atoms with Gasteiger partial charge in [-0.2, -0.15) is 0 Å². The Balaban J connectivity index is 2.47. The number of aliphatic hydroxyl groups is 1. The van der Waals surface area contributed by atoms with Gasteiger partial charge in [0, 0.05) is 12.1 Å². The lowest BCUT2D eigenvalue weighted by Gasteiger charge is -2.15. The van der Waals surface area contributed by atoms with Crippen LogP contribution in [-0.2, 0) is 0 Å². The molecule has 0 bridgehead atoms. The summed E-state index contributed by atoms with van der Waals surface area (Å²) in [6.45, 7) is 4.42. The van der Waals surface area contributed by atoms with Gasteiger partial charge in [-0.15, -0.1) is 0 Å². The molecule has 7 nitrogen and oxygen atoms in total. The number of imidazole rings is 1. The number of benzene rings is 1. The van der Waals surface area contributed by atoms with Crippen LogP contribution in [0, 0.1) is 0 Å². The van der Waals surface area contributed by atoms with Gasteiger partial charge in [-0.25, -0.2) is 9.66 Å². The maximum Gasteiger partial charge on any atom is 0.273 e. The normalized spacial score (nSPS) is 12.0. The van der Waals surface area contributed by atoms with Crippen molar-refractivity contribution in [3.63, 3.8) is 0 Å². The van der Waals surface area contributed by atoms with Crippen LogP contribution in [0.15, 0.2) is 30.3 Å². The van der Waals surface area contributed by atoms with Gasteiger partial charge in [0.1, 0.15) is 6.61 Å². The summed E-state index contributed by atoms with van der Waals surface area (Å²) in [4.78, 5) is 16.1. The van der Waals surface area contributed by atoms with Gasteiger partial charge in [-0.05, 0) is 13.3 Å². The van der Waals surface area contributed by atoms with Crippen LogP contribution >= 0.6 is 0 Å². The third-order valence-corrected chi connectivity index (χ3v) is 3.36. The minimum atomic E-state index is -0.677. The van der Waals surface area contributed by atoms with Crippen molar-refractivity contribution in [2.24, 2.45) is 5.73 Å². The summed E-state index contributed by atoms with van der Waals surface area (Å²) in [6, 6.07) is 9.47. The third-order valence-electron chi connectivity index (χ3n) is 3.36. The molecule has 24 heavy (non-hydrogen) atoms. The van der Waals surface area contributed by atoms with Crippen molar-refractivity contribution < 1.29 is 14.6 Å². The molecule has 1 amide bonds. The molecule has 2 aromatic rings. The highest BCUT2D eigenvalue weighted by Crippen LogP contribution is 2.27. The van der Waals surface area contributed by atoms with Gasteiger partial charge in [0.2, 0.25) is 5.88 Å². The van der Waals surface area contributed by atoms with Crippen LogP contribution in [0.2, 0.25) is 0 Å². The van der Waals surface area contributed by atoms with Crippen LogP contribution in [0.5, 0.6) is 5.88 Å². The van der Waals surface area contributed by atoms with E-state index in [0.717, 1.165) is 18.4 Å². The highest BCUT2D eigenvalue weighted by molar-refractivity contribution is 5.94. The van der Waals surface area contributed by atoms with E-state index in [9.17, 15) is 9.90 Å². The van der Waals surface area contributed by atoms with Crippen LogP contribution in [0.3, 0.4) is 0 Å². The molecule has 4 N–H and O–H groups in total. The number of carbonyl (C=O) groups excluding carboxylic acids is 1. The number of carbonyl (C=O) groups is 1. The SMILES string of the molecule is CCCCNn1c(-c2ccccc2)nc(C(N)=O)c1OCC(C)O. The lowest BCUT2D eigenvalue weighted by Crippen LogP contribution is -2.23. The largest absolute Gasteiger partial charge is 0.473 e. The molecule has 130 valence electrons. The first-order valence-corrected chi connectivity index (χ1v) is 8.07. The van der Waals surface area contributed by atoms with E-state index in [1.807, 2.05) is 30.3 Å². The monoisotopic (exact) mass is 332 g/mol. The number of nitrogens with two attached hydrogens (primary N) is 1. The Labute approximate surface area is 141 Å². The number of aliphatic hydroxyl groups excluding tert-OH is 1. The van der Waals surface area contributed by atoms with Gasteiger partial charge in [-0.3, -0.25) is 4.79 Å². The number of amides is 1. The van der Waals surface area contributed by atoms with Gasteiger partial charge >= 0.3 is 0 Å². The fraction of sp³-hybridized carbons (Fsp3) is 0.412. The molecule has 0 aliphatic carbocycles. The Kier molecular flexibility index (Phi) is 6.20. The zero-order valence-electron chi connectivity index (χ0n) is 14.0. The van der Waals surface area contributed by atoms with Crippen molar-refractivity contribution in [3.05, 3.63) is 36.0 Å². The van der Waals surface area contributed by atoms with Crippen molar-refractivity contribution in [3.8, 4) is 17.3 Å². The second kappa shape index (κ2) is 8.35. The first kappa shape index (κ1) is 17.8. The second-order valence-electron chi connectivity index (χ2n) is 5.58. The standard InChI is InChI=1S/C17H24N4O3/c1-3-4-10-19-21-16(13-8-6-5-7-9-13)20-14(15(18)23)17(21)24-11-12(2)22/h5-9,12,19,22H,3-4,10-11H2,1-2H3,(H2,18,23). The molecule has 0 saturated heterocycles. The number of ether oxygens (including phenoxy) is 1. The molecule has 1 atom stereocenters. The quantitative estimate of drug-likeness (QED) is 0.607. The van der Waals surface area contributed by atoms with E-state index in [1.54, 1.807) is 11.6 Å². The molecule has 0 radical (unpaired) electrons. The molecular weight excluding hydrogens is 308 g/mol. The van der Waals surface area contributed by atoms with Gasteiger partial charge in [0.15, 0.2) is 11.5 Å². The van der Waals surface area contributed by atoms with E-state index in [1.165, 1.54) is 0 Å². The minimum absolute atomic E-state index is 0.0374. The Bertz CT molecular complexity index is 668. The fourth-order valence-corrected chi connectivity index (χ4v) is 2.19. The number of nitrogens with zero attached hydrogens (tertiary/aromatic N) is 2. The molecule has 0 aliphatic heterocycles. The lowest BCUT2D eigenvalue weighted by atomic mass is 10.2. The summed E-state index contributed by atoms with van der Waals surface area (Å²) in [7, 11) is 0. The van der Waals surface area contributed by atoms with Crippen LogP contribution in [0.4, 0.5) is 0 Å². The smallest absolute Gasteiger partial charge is 0.273 e. The van der Waals surface area contributed by atoms with E-state index in [2.05, 4.69) is 17.3 Å². The first-order chi connectivity index (χ1) is 11.5. The molecule has 0 aliphatic rings. The summed E-state index contributed by atoms with van der Waals surface area (Å²) in [6.07, 6.45) is 1.30.